The molecule has 0 spiro atoms. The molecule has 12 heteroatoms. The van der Waals surface area contributed by atoms with Gasteiger partial charge in [0, 0.05) is 81.0 Å². The highest BCUT2D eigenvalue weighted by Crippen LogP contribution is 2.37. The van der Waals surface area contributed by atoms with E-state index in [9.17, 15) is 20.3 Å². The molecule has 0 unspecified atom stereocenters. The monoisotopic (exact) mass is 696 g/mol. The number of oxazole rings is 1. The fourth-order valence-corrected chi connectivity index (χ4v) is 7.53. The first-order valence-electron chi connectivity index (χ1n) is 17.7. The molecule has 2 aliphatic rings. The Hall–Kier alpha value is -5.45. The molecule has 264 valence electrons. The Morgan fingerprint density at radius 2 is 1.65 bits per heavy atom. The van der Waals surface area contributed by atoms with Crippen LogP contribution in [0.2, 0.25) is 0 Å². The Labute approximate surface area is 300 Å². The van der Waals surface area contributed by atoms with Crippen LogP contribution in [0.5, 0.6) is 0 Å². The Morgan fingerprint density at radius 3 is 2.40 bits per heavy atom. The second-order valence-electron chi connectivity index (χ2n) is 13.9. The number of hydrogen-bond donors (Lipinski definition) is 3. The number of nitriles is 1. The third kappa shape index (κ3) is 6.44. The van der Waals surface area contributed by atoms with Crippen molar-refractivity contribution < 1.29 is 14.6 Å². The number of aliphatic hydroxyl groups is 2. The van der Waals surface area contributed by atoms with Gasteiger partial charge in [-0.15, -0.1) is 0 Å². The third-order valence-corrected chi connectivity index (χ3v) is 10.4. The number of likely N-dealkylation sites (tertiary alicyclic amines) is 2. The lowest BCUT2D eigenvalue weighted by atomic mass is 9.93. The smallest absolute Gasteiger partial charge is 0.280 e. The molecular formula is C40H40N8O4. The van der Waals surface area contributed by atoms with Crippen molar-refractivity contribution in [2.24, 2.45) is 0 Å². The maximum atomic E-state index is 13.5. The van der Waals surface area contributed by atoms with Gasteiger partial charge in [-0.25, -0.2) is 9.97 Å². The number of benzene rings is 2. The zero-order valence-corrected chi connectivity index (χ0v) is 29.2. The quantitative estimate of drug-likeness (QED) is 0.184. The number of anilines is 2. The van der Waals surface area contributed by atoms with E-state index in [4.69, 9.17) is 9.40 Å². The van der Waals surface area contributed by atoms with E-state index in [0.717, 1.165) is 82.4 Å². The molecule has 0 amide bonds. The zero-order valence-electron chi connectivity index (χ0n) is 29.2. The molecule has 2 saturated heterocycles. The highest BCUT2D eigenvalue weighted by atomic mass is 16.3. The number of fused-ring (bicyclic) bond motifs is 2. The highest BCUT2D eigenvalue weighted by Gasteiger charge is 2.23. The lowest BCUT2D eigenvalue weighted by Crippen LogP contribution is -2.30. The second kappa shape index (κ2) is 13.9. The van der Waals surface area contributed by atoms with Gasteiger partial charge in [-0.1, -0.05) is 24.3 Å². The summed E-state index contributed by atoms with van der Waals surface area (Å²) in [6.45, 7) is 8.70. The molecule has 2 aromatic carbocycles. The Bertz CT molecular complexity index is 2410. The van der Waals surface area contributed by atoms with Crippen molar-refractivity contribution in [1.29, 1.82) is 5.26 Å². The van der Waals surface area contributed by atoms with Crippen molar-refractivity contribution in [3.63, 3.8) is 0 Å². The van der Waals surface area contributed by atoms with Crippen molar-refractivity contribution in [3.8, 4) is 28.7 Å². The molecule has 0 bridgehead atoms. The van der Waals surface area contributed by atoms with Crippen LogP contribution in [0.1, 0.15) is 35.1 Å². The molecule has 8 rings (SSSR count). The summed E-state index contributed by atoms with van der Waals surface area (Å²) in [4.78, 5) is 32.0. The van der Waals surface area contributed by atoms with Gasteiger partial charge in [0.2, 0.25) is 5.89 Å². The minimum absolute atomic E-state index is 0.126. The number of pyridine rings is 3. The van der Waals surface area contributed by atoms with Gasteiger partial charge in [-0.2, -0.15) is 5.26 Å². The van der Waals surface area contributed by atoms with Crippen molar-refractivity contribution in [2.75, 3.05) is 38.0 Å². The number of nitrogens with one attached hydrogen (secondary N) is 1. The summed E-state index contributed by atoms with van der Waals surface area (Å²) in [5, 5.41) is 34.3. The van der Waals surface area contributed by atoms with E-state index in [2.05, 4.69) is 56.3 Å². The first-order chi connectivity index (χ1) is 25.2. The molecule has 52 heavy (non-hydrogen) atoms. The number of hydrogen-bond acceptors (Lipinski definition) is 11. The molecule has 2 aliphatic heterocycles. The van der Waals surface area contributed by atoms with Gasteiger partial charge in [0.05, 0.1) is 12.2 Å². The van der Waals surface area contributed by atoms with E-state index in [0.29, 0.717) is 32.0 Å². The highest BCUT2D eigenvalue weighted by molar-refractivity contribution is 5.91. The molecule has 0 aliphatic carbocycles. The lowest BCUT2D eigenvalue weighted by molar-refractivity contribution is 0.174. The summed E-state index contributed by atoms with van der Waals surface area (Å²) in [5.74, 6) is 0.941. The van der Waals surface area contributed by atoms with Gasteiger partial charge >= 0.3 is 0 Å². The van der Waals surface area contributed by atoms with Gasteiger partial charge in [0.25, 0.3) is 5.56 Å². The van der Waals surface area contributed by atoms with Crippen LogP contribution < -0.4 is 10.9 Å². The van der Waals surface area contributed by atoms with Crippen LogP contribution >= 0.6 is 0 Å². The molecule has 6 aromatic rings. The van der Waals surface area contributed by atoms with Crippen molar-refractivity contribution in [1.82, 2.24) is 29.3 Å². The minimum Gasteiger partial charge on any atom is -0.434 e. The van der Waals surface area contributed by atoms with Crippen molar-refractivity contribution >= 4 is 33.5 Å². The molecule has 12 nitrogen and oxygen atoms in total. The van der Waals surface area contributed by atoms with E-state index in [1.807, 2.05) is 43.5 Å². The first-order valence-corrected chi connectivity index (χ1v) is 17.7. The fraction of sp³-hybridized carbons (Fsp3) is 0.325. The van der Waals surface area contributed by atoms with Crippen LogP contribution in [0, 0.1) is 25.2 Å². The van der Waals surface area contributed by atoms with Gasteiger partial charge in [0.15, 0.2) is 16.9 Å². The number of nitrogens with zero attached hydrogens (tertiary/aromatic N) is 7. The maximum Gasteiger partial charge on any atom is 0.280 e. The van der Waals surface area contributed by atoms with E-state index >= 15 is 0 Å². The molecular weight excluding hydrogens is 656 g/mol. The number of aromatic nitrogens is 4. The zero-order chi connectivity index (χ0) is 35.9. The van der Waals surface area contributed by atoms with Gasteiger partial charge < -0.3 is 24.5 Å². The number of aliphatic hydroxyl groups excluding tert-OH is 2. The summed E-state index contributed by atoms with van der Waals surface area (Å²) in [6, 6.07) is 18.3. The van der Waals surface area contributed by atoms with Crippen LogP contribution in [0.4, 0.5) is 11.5 Å². The normalized spacial score (nSPS) is 18.1. The van der Waals surface area contributed by atoms with Crippen LogP contribution in [0.15, 0.2) is 76.3 Å². The van der Waals surface area contributed by atoms with Crippen LogP contribution in [0.25, 0.3) is 44.6 Å². The Kier molecular flexibility index (Phi) is 9.02. The lowest BCUT2D eigenvalue weighted by Gasteiger charge is -2.17. The SMILES string of the molecule is Cc1c(Nc2nccc3cc(CN4CC[C@@H](O)C4)cnc23)cccc1-c1cccc(-c2nc3c(=O)n(CCN4CC[C@@H](O)C4)cc(C#N)c3o2)c1C. The standard InChI is InChI=1S/C40H40N8O4/c1-24-31(5-3-7-33(24)39-45-36-37(52-39)28(18-41)21-48(40(36)51)16-15-46-13-10-29(49)22-46)32-6-4-8-34(25(32)2)44-38-35-27(9-12-42-38)17-26(19-43-35)20-47-14-11-30(50)23-47/h3-9,12,17,19,21,29-30,49-50H,10-11,13-16,20,22-23H2,1-2H3,(H,42,44)/t29-,30-/m1/s1. The largest absolute Gasteiger partial charge is 0.434 e. The molecule has 4 aromatic heterocycles. The molecule has 3 N–H and O–H groups in total. The van der Waals surface area contributed by atoms with Crippen LogP contribution in [-0.4, -0.2) is 84.5 Å². The fourth-order valence-electron chi connectivity index (χ4n) is 7.53. The van der Waals surface area contributed by atoms with Gasteiger partial charge in [0.1, 0.15) is 17.1 Å². The van der Waals surface area contributed by atoms with Gasteiger partial charge in [-0.05, 0) is 78.8 Å². The van der Waals surface area contributed by atoms with E-state index in [-0.39, 0.29) is 40.3 Å². The Morgan fingerprint density at radius 1 is 0.923 bits per heavy atom. The van der Waals surface area contributed by atoms with Crippen LogP contribution in [0.3, 0.4) is 0 Å². The molecule has 0 saturated carbocycles. The van der Waals surface area contributed by atoms with Crippen molar-refractivity contribution in [2.45, 2.75) is 52.0 Å². The summed E-state index contributed by atoms with van der Waals surface area (Å²) in [7, 11) is 0. The average molecular weight is 697 g/mol. The van der Waals surface area contributed by atoms with Crippen molar-refractivity contribution in [3.05, 3.63) is 99.7 Å². The van der Waals surface area contributed by atoms with Crippen LogP contribution in [-0.2, 0) is 13.1 Å². The third-order valence-electron chi connectivity index (χ3n) is 10.4. The molecule has 6 heterocycles. The number of rotatable bonds is 9. The average Bonchev–Trinajstić information content (AvgIpc) is 3.89. The molecule has 2 atom stereocenters. The molecule has 0 radical (unpaired) electrons. The number of β-amino-alcohol motifs (C(OH)–C–C–N with tert-alkyl or cyclic N) is 2. The summed E-state index contributed by atoms with van der Waals surface area (Å²) >= 11 is 0. The maximum absolute atomic E-state index is 13.5. The topological polar surface area (TPSA) is 157 Å². The predicted octanol–water partition coefficient (Wildman–Crippen LogP) is 5.13. The predicted molar refractivity (Wildman–Crippen MR) is 199 cm³/mol. The van der Waals surface area contributed by atoms with Gasteiger partial charge in [-0.3, -0.25) is 19.6 Å². The summed E-state index contributed by atoms with van der Waals surface area (Å²) in [5.41, 5.74) is 7.66. The van der Waals surface area contributed by atoms with E-state index in [1.165, 1.54) is 10.8 Å². The first kappa shape index (κ1) is 33.7. The Balaban J connectivity index is 1.08. The minimum atomic E-state index is -0.344. The molecule has 2 fully saturated rings. The summed E-state index contributed by atoms with van der Waals surface area (Å²) < 4.78 is 7.68. The van der Waals surface area contributed by atoms with E-state index in [1.54, 1.807) is 6.20 Å². The summed E-state index contributed by atoms with van der Waals surface area (Å²) in [6.07, 6.45) is 6.13. The van der Waals surface area contributed by atoms with E-state index < -0.39 is 0 Å². The second-order valence-corrected chi connectivity index (χ2v) is 13.9.